The fraction of sp³-hybridized carbons (Fsp3) is 0.318. The molecule has 1 saturated heterocycles. The summed E-state index contributed by atoms with van der Waals surface area (Å²) in [6, 6.07) is 11.9. The van der Waals surface area contributed by atoms with Gasteiger partial charge in [-0.3, -0.25) is 14.9 Å². The molecule has 1 fully saturated rings. The van der Waals surface area contributed by atoms with E-state index in [4.69, 9.17) is 11.6 Å². The number of pyridine rings is 1. The van der Waals surface area contributed by atoms with E-state index in [9.17, 15) is 4.79 Å². The highest BCUT2D eigenvalue weighted by Crippen LogP contribution is 2.39. The third-order valence-corrected chi connectivity index (χ3v) is 5.61. The zero-order chi connectivity index (χ0) is 19.7. The standard InChI is InChI=1S/C22H23ClN4O/c1-14(2)27-13-17(5-8-19(27)28)22-20(15-9-11-24-12-10-15)21(25-26-22)16-3-6-18(23)7-4-16/h3-4,6-7,9-12,14,17H,5,8,13H2,1-2H3,(H,25,26). The number of halogens is 1. The predicted octanol–water partition coefficient (Wildman–Crippen LogP) is 4.91. The fourth-order valence-corrected chi connectivity index (χ4v) is 4.01. The van der Waals surface area contributed by atoms with Crippen molar-refractivity contribution in [3.05, 3.63) is 59.5 Å². The number of H-pyrrole nitrogens is 1. The number of hydrogen-bond acceptors (Lipinski definition) is 3. The maximum atomic E-state index is 12.3. The molecule has 0 saturated carbocycles. The van der Waals surface area contributed by atoms with Crippen LogP contribution in [0.15, 0.2) is 48.8 Å². The lowest BCUT2D eigenvalue weighted by atomic mass is 9.88. The van der Waals surface area contributed by atoms with Crippen LogP contribution < -0.4 is 0 Å². The van der Waals surface area contributed by atoms with Crippen LogP contribution >= 0.6 is 11.6 Å². The van der Waals surface area contributed by atoms with E-state index in [1.54, 1.807) is 12.4 Å². The zero-order valence-corrected chi connectivity index (χ0v) is 16.8. The van der Waals surface area contributed by atoms with Crippen molar-refractivity contribution in [2.75, 3.05) is 6.54 Å². The summed E-state index contributed by atoms with van der Waals surface area (Å²) in [5.74, 6) is 0.450. The Balaban J connectivity index is 1.80. The molecule has 0 aliphatic carbocycles. The molecule has 2 aromatic heterocycles. The largest absolute Gasteiger partial charge is 0.340 e. The molecule has 1 unspecified atom stereocenters. The second-order valence-electron chi connectivity index (χ2n) is 7.48. The van der Waals surface area contributed by atoms with E-state index in [2.05, 4.69) is 29.0 Å². The number of carbonyl (C=O) groups excluding carboxylic acids is 1. The Morgan fingerprint density at radius 2 is 1.82 bits per heavy atom. The number of rotatable bonds is 4. The molecule has 1 aromatic carbocycles. The first-order chi connectivity index (χ1) is 13.5. The average Bonchev–Trinajstić information content (AvgIpc) is 3.14. The van der Waals surface area contributed by atoms with Crippen molar-refractivity contribution in [2.45, 2.75) is 38.6 Å². The molecule has 3 aromatic rings. The molecule has 0 radical (unpaired) electrons. The van der Waals surface area contributed by atoms with Crippen LogP contribution in [0.3, 0.4) is 0 Å². The number of likely N-dealkylation sites (tertiary alicyclic amines) is 1. The van der Waals surface area contributed by atoms with Crippen LogP contribution in [0.2, 0.25) is 5.02 Å². The van der Waals surface area contributed by atoms with Crippen molar-refractivity contribution in [3.8, 4) is 22.4 Å². The lowest BCUT2D eigenvalue weighted by Crippen LogP contribution is -2.43. The Bertz CT molecular complexity index is 966. The Labute approximate surface area is 169 Å². The summed E-state index contributed by atoms with van der Waals surface area (Å²) in [5, 5.41) is 8.65. The molecule has 1 amide bonds. The summed E-state index contributed by atoms with van der Waals surface area (Å²) >= 11 is 6.07. The normalized spacial score (nSPS) is 17.4. The third-order valence-electron chi connectivity index (χ3n) is 5.36. The van der Waals surface area contributed by atoms with Gasteiger partial charge in [-0.1, -0.05) is 23.7 Å². The molecule has 1 atom stereocenters. The minimum Gasteiger partial charge on any atom is -0.340 e. The maximum Gasteiger partial charge on any atom is 0.222 e. The molecule has 6 heteroatoms. The first-order valence-corrected chi connectivity index (χ1v) is 9.96. The molecule has 3 heterocycles. The van der Waals surface area contributed by atoms with Crippen LogP contribution in [-0.2, 0) is 4.79 Å². The molecule has 28 heavy (non-hydrogen) atoms. The van der Waals surface area contributed by atoms with Crippen LogP contribution in [0.5, 0.6) is 0 Å². The van der Waals surface area contributed by atoms with E-state index < -0.39 is 0 Å². The lowest BCUT2D eigenvalue weighted by molar-refractivity contribution is -0.135. The number of piperidine rings is 1. The molecular weight excluding hydrogens is 372 g/mol. The van der Waals surface area contributed by atoms with Gasteiger partial charge in [0.15, 0.2) is 0 Å². The van der Waals surface area contributed by atoms with Gasteiger partial charge in [0.2, 0.25) is 5.91 Å². The Kier molecular flexibility index (Phi) is 5.18. The van der Waals surface area contributed by atoms with Gasteiger partial charge in [-0.05, 0) is 50.1 Å². The fourth-order valence-electron chi connectivity index (χ4n) is 3.88. The highest BCUT2D eigenvalue weighted by molar-refractivity contribution is 6.30. The monoisotopic (exact) mass is 394 g/mol. The highest BCUT2D eigenvalue weighted by Gasteiger charge is 2.32. The summed E-state index contributed by atoms with van der Waals surface area (Å²) < 4.78 is 0. The van der Waals surface area contributed by atoms with Crippen LogP contribution in [0.4, 0.5) is 0 Å². The quantitative estimate of drug-likeness (QED) is 0.684. The van der Waals surface area contributed by atoms with Gasteiger partial charge in [0.05, 0.1) is 0 Å². The number of nitrogens with one attached hydrogen (secondary N) is 1. The van der Waals surface area contributed by atoms with Gasteiger partial charge in [0.25, 0.3) is 0 Å². The zero-order valence-electron chi connectivity index (χ0n) is 16.0. The minimum absolute atomic E-state index is 0.193. The molecule has 144 valence electrons. The van der Waals surface area contributed by atoms with Crippen molar-refractivity contribution in [2.24, 2.45) is 0 Å². The third kappa shape index (κ3) is 3.54. The lowest BCUT2D eigenvalue weighted by Gasteiger charge is -2.35. The van der Waals surface area contributed by atoms with Crippen molar-refractivity contribution in [3.63, 3.8) is 0 Å². The molecule has 5 nitrogen and oxygen atoms in total. The molecule has 1 aliphatic heterocycles. The van der Waals surface area contributed by atoms with Gasteiger partial charge < -0.3 is 4.90 Å². The molecule has 0 bridgehead atoms. The molecule has 1 aliphatic rings. The van der Waals surface area contributed by atoms with Crippen LogP contribution in [0.1, 0.15) is 38.3 Å². The second kappa shape index (κ2) is 7.76. The van der Waals surface area contributed by atoms with E-state index in [1.165, 1.54) is 0 Å². The average molecular weight is 395 g/mol. The summed E-state index contributed by atoms with van der Waals surface area (Å²) in [7, 11) is 0. The Morgan fingerprint density at radius 1 is 1.11 bits per heavy atom. The maximum absolute atomic E-state index is 12.3. The highest BCUT2D eigenvalue weighted by atomic mass is 35.5. The van der Waals surface area contributed by atoms with E-state index >= 15 is 0 Å². The first-order valence-electron chi connectivity index (χ1n) is 9.58. The smallest absolute Gasteiger partial charge is 0.222 e. The number of hydrogen-bond donors (Lipinski definition) is 1. The molecule has 4 rings (SSSR count). The summed E-state index contributed by atoms with van der Waals surface area (Å²) in [5.41, 5.74) is 5.12. The SMILES string of the molecule is CC(C)N1CC(c2[nH]nc(-c3ccc(Cl)cc3)c2-c2ccncc2)CCC1=O. The van der Waals surface area contributed by atoms with Gasteiger partial charge in [-0.25, -0.2) is 0 Å². The van der Waals surface area contributed by atoms with Gasteiger partial charge in [-0.15, -0.1) is 0 Å². The van der Waals surface area contributed by atoms with E-state index in [1.807, 2.05) is 41.3 Å². The summed E-state index contributed by atoms with van der Waals surface area (Å²) in [4.78, 5) is 18.4. The number of carbonyl (C=O) groups is 1. The van der Waals surface area contributed by atoms with Crippen molar-refractivity contribution >= 4 is 17.5 Å². The van der Waals surface area contributed by atoms with Crippen LogP contribution in [-0.4, -0.2) is 38.6 Å². The molecule has 0 spiro atoms. The Morgan fingerprint density at radius 3 is 2.50 bits per heavy atom. The number of aromatic amines is 1. The van der Waals surface area contributed by atoms with E-state index in [0.717, 1.165) is 34.5 Å². The molecular formula is C22H23ClN4O. The first kappa shape index (κ1) is 18.7. The summed E-state index contributed by atoms with van der Waals surface area (Å²) in [6.07, 6.45) is 4.97. The van der Waals surface area contributed by atoms with Crippen molar-refractivity contribution in [1.29, 1.82) is 0 Å². The van der Waals surface area contributed by atoms with Gasteiger partial charge in [0.1, 0.15) is 5.69 Å². The van der Waals surface area contributed by atoms with E-state index in [0.29, 0.717) is 18.0 Å². The van der Waals surface area contributed by atoms with Crippen molar-refractivity contribution in [1.82, 2.24) is 20.1 Å². The van der Waals surface area contributed by atoms with Gasteiger partial charge >= 0.3 is 0 Å². The number of nitrogens with zero attached hydrogens (tertiary/aromatic N) is 3. The van der Waals surface area contributed by atoms with Crippen LogP contribution in [0, 0.1) is 0 Å². The summed E-state index contributed by atoms with van der Waals surface area (Å²) in [6.45, 7) is 4.84. The van der Waals surface area contributed by atoms with Gasteiger partial charge in [0, 0.05) is 59.2 Å². The van der Waals surface area contributed by atoms with Gasteiger partial charge in [-0.2, -0.15) is 5.10 Å². The predicted molar refractivity (Wildman–Crippen MR) is 111 cm³/mol. The number of amides is 1. The van der Waals surface area contributed by atoms with Crippen molar-refractivity contribution < 1.29 is 4.79 Å². The number of benzene rings is 1. The van der Waals surface area contributed by atoms with E-state index in [-0.39, 0.29) is 17.9 Å². The minimum atomic E-state index is 0.193. The topological polar surface area (TPSA) is 61.9 Å². The Hall–Kier alpha value is -2.66. The second-order valence-corrected chi connectivity index (χ2v) is 7.92. The number of aromatic nitrogens is 3. The molecule has 1 N–H and O–H groups in total. The van der Waals surface area contributed by atoms with Crippen LogP contribution in [0.25, 0.3) is 22.4 Å².